The lowest BCUT2D eigenvalue weighted by molar-refractivity contribution is 0.597. The van der Waals surface area contributed by atoms with Gasteiger partial charge in [-0.25, -0.2) is 27.8 Å². The number of rotatable bonds is 7. The van der Waals surface area contributed by atoms with Crippen LogP contribution in [0, 0.1) is 5.82 Å². The summed E-state index contributed by atoms with van der Waals surface area (Å²) in [6.45, 7) is 1.73. The minimum absolute atomic E-state index is 0.0967. The third-order valence-corrected chi connectivity index (χ3v) is 7.44. The maximum absolute atomic E-state index is 15.4. The molecule has 7 nitrogen and oxygen atoms in total. The molecule has 0 bridgehead atoms. The number of nitrogen functional groups attached to an aromatic ring is 1. The van der Waals surface area contributed by atoms with E-state index in [9.17, 15) is 8.42 Å². The molecule has 1 fully saturated rings. The SMILES string of the molecule is CCCS(=O)(=O)Nc1cc(Cl)cc(-c2nc(C3CC3)sc2-c2ccnc(N)n2)c1F. The number of benzene rings is 1. The van der Waals surface area contributed by atoms with Gasteiger partial charge in [-0.05, 0) is 37.5 Å². The highest BCUT2D eigenvalue weighted by atomic mass is 35.5. The van der Waals surface area contributed by atoms with E-state index in [2.05, 4.69) is 19.7 Å². The fourth-order valence-electron chi connectivity index (χ4n) is 3.02. The van der Waals surface area contributed by atoms with Crippen molar-refractivity contribution in [3.63, 3.8) is 0 Å². The monoisotopic (exact) mass is 467 g/mol. The zero-order valence-electron chi connectivity index (χ0n) is 16.0. The average Bonchev–Trinajstić information content (AvgIpc) is 3.43. The molecule has 1 aliphatic carbocycles. The Bertz CT molecular complexity index is 1210. The lowest BCUT2D eigenvalue weighted by Gasteiger charge is -2.12. The Hall–Kier alpha value is -2.30. The van der Waals surface area contributed by atoms with E-state index >= 15 is 4.39 Å². The molecular weight excluding hydrogens is 449 g/mol. The summed E-state index contributed by atoms with van der Waals surface area (Å²) in [5.74, 6) is -0.427. The highest BCUT2D eigenvalue weighted by Gasteiger charge is 2.30. The topological polar surface area (TPSA) is 111 Å². The highest BCUT2D eigenvalue weighted by molar-refractivity contribution is 7.92. The first-order valence-electron chi connectivity index (χ1n) is 9.37. The van der Waals surface area contributed by atoms with Crippen LogP contribution in [0.5, 0.6) is 0 Å². The van der Waals surface area contributed by atoms with Gasteiger partial charge in [-0.3, -0.25) is 4.72 Å². The molecule has 0 radical (unpaired) electrons. The Morgan fingerprint density at radius 2 is 2.10 bits per heavy atom. The van der Waals surface area contributed by atoms with Crippen molar-refractivity contribution in [1.82, 2.24) is 15.0 Å². The molecule has 30 heavy (non-hydrogen) atoms. The van der Waals surface area contributed by atoms with Gasteiger partial charge < -0.3 is 5.73 Å². The molecule has 11 heteroatoms. The van der Waals surface area contributed by atoms with Gasteiger partial charge in [0.25, 0.3) is 0 Å². The standard InChI is InChI=1S/C19H19ClFN5O2S2/c1-2-7-30(27,28)26-14-9-11(20)8-12(15(14)21)16-17(13-5-6-23-19(22)24-13)29-18(25-16)10-3-4-10/h5-6,8-10,26H,2-4,7H2,1H3,(H2,22,23,24). The van der Waals surface area contributed by atoms with Crippen LogP contribution in [0.3, 0.4) is 0 Å². The van der Waals surface area contributed by atoms with Crippen LogP contribution in [-0.4, -0.2) is 29.1 Å². The summed E-state index contributed by atoms with van der Waals surface area (Å²) in [6.07, 6.45) is 3.98. The summed E-state index contributed by atoms with van der Waals surface area (Å²) < 4.78 is 42.1. The zero-order chi connectivity index (χ0) is 21.5. The van der Waals surface area contributed by atoms with Crippen LogP contribution in [0.2, 0.25) is 5.02 Å². The van der Waals surface area contributed by atoms with Gasteiger partial charge in [-0.2, -0.15) is 0 Å². The van der Waals surface area contributed by atoms with Crippen molar-refractivity contribution in [1.29, 1.82) is 0 Å². The smallest absolute Gasteiger partial charge is 0.232 e. The van der Waals surface area contributed by atoms with Crippen LogP contribution in [-0.2, 0) is 10.0 Å². The number of nitrogens with one attached hydrogen (secondary N) is 1. The van der Waals surface area contributed by atoms with Crippen molar-refractivity contribution in [3.05, 3.63) is 40.2 Å². The first kappa shape index (κ1) is 21.0. The van der Waals surface area contributed by atoms with Gasteiger partial charge in [0.2, 0.25) is 16.0 Å². The minimum Gasteiger partial charge on any atom is -0.368 e. The molecule has 4 rings (SSSR count). The molecule has 2 aromatic heterocycles. The summed E-state index contributed by atoms with van der Waals surface area (Å²) in [5, 5.41) is 1.07. The summed E-state index contributed by atoms with van der Waals surface area (Å²) in [4.78, 5) is 13.5. The number of nitrogens with zero attached hydrogens (tertiary/aromatic N) is 3. The third kappa shape index (κ3) is 4.40. The molecule has 158 valence electrons. The van der Waals surface area contributed by atoms with Gasteiger partial charge in [0.15, 0.2) is 5.82 Å². The van der Waals surface area contributed by atoms with E-state index < -0.39 is 15.8 Å². The number of aromatic nitrogens is 3. The first-order valence-corrected chi connectivity index (χ1v) is 12.2. The molecule has 1 aliphatic rings. The number of anilines is 2. The number of halogens is 2. The molecule has 1 saturated carbocycles. The van der Waals surface area contributed by atoms with E-state index in [4.69, 9.17) is 17.3 Å². The van der Waals surface area contributed by atoms with Gasteiger partial charge in [-0.15, -0.1) is 11.3 Å². The fourth-order valence-corrected chi connectivity index (χ4v) is 5.58. The second kappa shape index (κ2) is 8.09. The quantitative estimate of drug-likeness (QED) is 0.522. The summed E-state index contributed by atoms with van der Waals surface area (Å²) in [5.41, 5.74) is 6.51. The first-order chi connectivity index (χ1) is 14.3. The lowest BCUT2D eigenvalue weighted by atomic mass is 10.1. The molecule has 0 aliphatic heterocycles. The molecule has 3 aromatic rings. The molecule has 3 N–H and O–H groups in total. The second-order valence-electron chi connectivity index (χ2n) is 7.04. The van der Waals surface area contributed by atoms with E-state index in [-0.39, 0.29) is 28.0 Å². The molecule has 0 spiro atoms. The molecule has 1 aromatic carbocycles. The van der Waals surface area contributed by atoms with E-state index in [0.717, 1.165) is 17.8 Å². The fraction of sp³-hybridized carbons (Fsp3) is 0.316. The summed E-state index contributed by atoms with van der Waals surface area (Å²) >= 11 is 7.63. The van der Waals surface area contributed by atoms with Crippen LogP contribution >= 0.6 is 22.9 Å². The summed E-state index contributed by atoms with van der Waals surface area (Å²) in [6, 6.07) is 4.37. The van der Waals surface area contributed by atoms with Crippen molar-refractivity contribution < 1.29 is 12.8 Å². The van der Waals surface area contributed by atoms with Gasteiger partial charge >= 0.3 is 0 Å². The molecule has 0 atom stereocenters. The Labute approximate surface area is 182 Å². The van der Waals surface area contributed by atoms with Crippen LogP contribution in [0.4, 0.5) is 16.0 Å². The van der Waals surface area contributed by atoms with Crippen LogP contribution in [0.15, 0.2) is 24.4 Å². The maximum atomic E-state index is 15.4. The Morgan fingerprint density at radius 3 is 2.77 bits per heavy atom. The van der Waals surface area contributed by atoms with E-state index in [0.29, 0.717) is 28.6 Å². The van der Waals surface area contributed by atoms with E-state index in [1.807, 2.05) is 0 Å². The van der Waals surface area contributed by atoms with Crippen LogP contribution in [0.25, 0.3) is 21.8 Å². The Kier molecular flexibility index (Phi) is 5.65. The zero-order valence-corrected chi connectivity index (χ0v) is 18.4. The molecule has 0 saturated heterocycles. The maximum Gasteiger partial charge on any atom is 0.232 e. The predicted octanol–water partition coefficient (Wildman–Crippen LogP) is 4.67. The number of thiazole rings is 1. The predicted molar refractivity (Wildman–Crippen MR) is 118 cm³/mol. The number of hydrogen-bond donors (Lipinski definition) is 2. The van der Waals surface area contributed by atoms with Crippen molar-refractivity contribution in [2.75, 3.05) is 16.2 Å². The van der Waals surface area contributed by atoms with Gasteiger partial charge in [0, 0.05) is 22.7 Å². The van der Waals surface area contributed by atoms with Crippen molar-refractivity contribution in [2.45, 2.75) is 32.1 Å². The van der Waals surface area contributed by atoms with Gasteiger partial charge in [0.05, 0.1) is 32.7 Å². The lowest BCUT2D eigenvalue weighted by Crippen LogP contribution is -2.17. The van der Waals surface area contributed by atoms with Crippen molar-refractivity contribution >= 4 is 44.6 Å². The third-order valence-electron chi connectivity index (χ3n) is 4.51. The largest absolute Gasteiger partial charge is 0.368 e. The highest BCUT2D eigenvalue weighted by Crippen LogP contribution is 2.47. The number of nitrogens with two attached hydrogens (primary N) is 1. The van der Waals surface area contributed by atoms with Gasteiger partial charge in [-0.1, -0.05) is 18.5 Å². The summed E-state index contributed by atoms with van der Waals surface area (Å²) in [7, 11) is -3.69. The Balaban J connectivity index is 1.86. The van der Waals surface area contributed by atoms with Crippen molar-refractivity contribution in [3.8, 4) is 21.8 Å². The normalized spacial score (nSPS) is 14.1. The van der Waals surface area contributed by atoms with Crippen LogP contribution < -0.4 is 10.5 Å². The average molecular weight is 468 g/mol. The Morgan fingerprint density at radius 1 is 1.33 bits per heavy atom. The van der Waals surface area contributed by atoms with Crippen LogP contribution in [0.1, 0.15) is 37.1 Å². The second-order valence-corrected chi connectivity index (χ2v) is 10.3. The molecule has 2 heterocycles. The van der Waals surface area contributed by atoms with Gasteiger partial charge in [0.1, 0.15) is 0 Å². The molecular formula is C19H19ClFN5O2S2. The molecule has 0 amide bonds. The number of sulfonamides is 1. The van der Waals surface area contributed by atoms with E-state index in [1.54, 1.807) is 13.0 Å². The number of hydrogen-bond acceptors (Lipinski definition) is 7. The minimum atomic E-state index is -3.69. The molecule has 0 unspecified atom stereocenters. The van der Waals surface area contributed by atoms with Crippen molar-refractivity contribution in [2.24, 2.45) is 0 Å². The van der Waals surface area contributed by atoms with E-state index in [1.165, 1.54) is 29.7 Å².